The highest BCUT2D eigenvalue weighted by Gasteiger charge is 2.27. The Morgan fingerprint density at radius 2 is 0.945 bits per heavy atom. The number of ether oxygens (including phenoxy) is 2. The molecule has 3 unspecified atom stereocenters. The van der Waals surface area contributed by atoms with Crippen LogP contribution in [0.15, 0.2) is 60.8 Å². The minimum absolute atomic E-state index is 0.0550. The second-order valence-electron chi connectivity index (χ2n) is 14.0. The largest absolute Gasteiger partial charge is 0.472 e. The number of aliphatic hydroxyl groups is 2. The highest BCUT2D eigenvalue weighted by Crippen LogP contribution is 2.43. The maximum absolute atomic E-state index is 12.6. The Balaban J connectivity index is 4.48. The quantitative estimate of drug-likeness (QED) is 0.0237. The summed E-state index contributed by atoms with van der Waals surface area (Å²) in [5.74, 6) is -1.08. The third-order valence-electron chi connectivity index (χ3n) is 8.67. The molecule has 0 fully saturated rings. The Bertz CT molecular complexity index is 1100. The van der Waals surface area contributed by atoms with Crippen molar-refractivity contribution in [3.05, 3.63) is 60.8 Å². The van der Waals surface area contributed by atoms with Gasteiger partial charge >= 0.3 is 19.8 Å². The molecular formula is C44H77O10P. The summed E-state index contributed by atoms with van der Waals surface area (Å²) in [6.45, 7) is 2.23. The van der Waals surface area contributed by atoms with E-state index in [0.29, 0.717) is 12.8 Å². The summed E-state index contributed by atoms with van der Waals surface area (Å²) in [6.07, 6.45) is 43.6. The first-order valence-corrected chi connectivity index (χ1v) is 22.7. The van der Waals surface area contributed by atoms with Gasteiger partial charge in [0, 0.05) is 12.8 Å². The first-order valence-electron chi connectivity index (χ1n) is 21.2. The minimum atomic E-state index is -4.64. The number of unbranched alkanes of at least 4 members (excludes halogenated alkanes) is 15. The number of carbonyl (C=O) groups excluding carboxylic acids is 2. The van der Waals surface area contributed by atoms with E-state index in [1.807, 2.05) is 18.2 Å². The lowest BCUT2D eigenvalue weighted by Crippen LogP contribution is -2.29. The Kier molecular flexibility index (Phi) is 38.2. The molecule has 3 N–H and O–H groups in total. The van der Waals surface area contributed by atoms with E-state index in [1.165, 1.54) is 89.9 Å². The van der Waals surface area contributed by atoms with Gasteiger partial charge in [0.25, 0.3) is 0 Å². The van der Waals surface area contributed by atoms with Crippen LogP contribution in [-0.4, -0.2) is 65.7 Å². The van der Waals surface area contributed by atoms with Crippen molar-refractivity contribution in [1.82, 2.24) is 0 Å². The van der Waals surface area contributed by atoms with E-state index in [-0.39, 0.29) is 19.4 Å². The Labute approximate surface area is 334 Å². The molecule has 318 valence electrons. The standard InChI is InChI=1S/C44H77O10P/c1-3-5-7-9-11-13-15-17-19-20-22-24-26-28-30-32-34-36-44(48)54-42(40-53-55(49,50)52-38-41(46)37-45)39-51-43(47)35-33-31-29-27-25-23-21-18-16-14-12-10-8-6-4-2/h13,15,19-20,24,26,29-32,41-42,45-46H,3-12,14,16-18,21-23,25,27-28,33-40H2,1-2H3,(H,49,50). The number of phosphoric acid groups is 1. The van der Waals surface area contributed by atoms with Crippen LogP contribution in [0.25, 0.3) is 0 Å². The monoisotopic (exact) mass is 797 g/mol. The molecule has 10 nitrogen and oxygen atoms in total. The highest BCUT2D eigenvalue weighted by molar-refractivity contribution is 7.47. The fourth-order valence-corrected chi connectivity index (χ4v) is 6.16. The van der Waals surface area contributed by atoms with Crippen LogP contribution in [0.4, 0.5) is 0 Å². The number of esters is 2. The maximum Gasteiger partial charge on any atom is 0.472 e. The average Bonchev–Trinajstić information content (AvgIpc) is 3.17. The van der Waals surface area contributed by atoms with Crippen LogP contribution < -0.4 is 0 Å². The fourth-order valence-electron chi connectivity index (χ4n) is 5.37. The van der Waals surface area contributed by atoms with Gasteiger partial charge in [-0.3, -0.25) is 18.6 Å². The van der Waals surface area contributed by atoms with Gasteiger partial charge in [0.1, 0.15) is 12.7 Å². The molecule has 0 aromatic rings. The molecule has 0 aromatic carbocycles. The summed E-state index contributed by atoms with van der Waals surface area (Å²) in [4.78, 5) is 34.9. The van der Waals surface area contributed by atoms with Crippen LogP contribution >= 0.6 is 7.82 Å². The molecule has 0 aromatic heterocycles. The van der Waals surface area contributed by atoms with Gasteiger partial charge in [-0.1, -0.05) is 158 Å². The van der Waals surface area contributed by atoms with Gasteiger partial charge < -0.3 is 24.6 Å². The molecule has 0 amide bonds. The molecule has 0 saturated carbocycles. The van der Waals surface area contributed by atoms with Gasteiger partial charge in [0.2, 0.25) is 0 Å². The summed E-state index contributed by atoms with van der Waals surface area (Å²) in [5, 5.41) is 18.3. The number of rotatable bonds is 39. The summed E-state index contributed by atoms with van der Waals surface area (Å²) >= 11 is 0. The van der Waals surface area contributed by atoms with Crippen LogP contribution in [0.3, 0.4) is 0 Å². The molecule has 3 atom stereocenters. The lowest BCUT2D eigenvalue weighted by molar-refractivity contribution is -0.161. The number of allylic oxidation sites excluding steroid dienone is 10. The van der Waals surface area contributed by atoms with Crippen molar-refractivity contribution in [2.24, 2.45) is 0 Å². The number of carbonyl (C=O) groups is 2. The summed E-state index contributed by atoms with van der Waals surface area (Å²) < 4.78 is 32.5. The van der Waals surface area contributed by atoms with E-state index in [0.717, 1.165) is 38.5 Å². The van der Waals surface area contributed by atoms with Crippen molar-refractivity contribution < 1.29 is 47.8 Å². The van der Waals surface area contributed by atoms with E-state index in [4.69, 9.17) is 19.1 Å². The molecule has 0 aliphatic rings. The van der Waals surface area contributed by atoms with Gasteiger partial charge in [-0.05, 0) is 57.8 Å². The predicted molar refractivity (Wildman–Crippen MR) is 224 cm³/mol. The number of hydrogen-bond acceptors (Lipinski definition) is 9. The van der Waals surface area contributed by atoms with E-state index in [1.54, 1.807) is 0 Å². The predicted octanol–water partition coefficient (Wildman–Crippen LogP) is 11.1. The smallest absolute Gasteiger partial charge is 0.462 e. The first kappa shape index (κ1) is 52.7. The molecule has 11 heteroatoms. The molecule has 0 rings (SSSR count). The average molecular weight is 797 g/mol. The normalized spacial score (nSPS) is 14.5. The molecule has 0 aliphatic heterocycles. The third-order valence-corrected chi connectivity index (χ3v) is 9.62. The van der Waals surface area contributed by atoms with Crippen LogP contribution in [0, 0.1) is 0 Å². The molecule has 0 spiro atoms. The van der Waals surface area contributed by atoms with Crippen molar-refractivity contribution in [1.29, 1.82) is 0 Å². The van der Waals surface area contributed by atoms with Gasteiger partial charge in [0.05, 0.1) is 19.8 Å². The second kappa shape index (κ2) is 39.9. The van der Waals surface area contributed by atoms with Crippen LogP contribution in [0.5, 0.6) is 0 Å². The lowest BCUT2D eigenvalue weighted by Gasteiger charge is -2.20. The van der Waals surface area contributed by atoms with Crippen molar-refractivity contribution in [2.75, 3.05) is 26.4 Å². The Morgan fingerprint density at radius 1 is 0.545 bits per heavy atom. The third kappa shape index (κ3) is 39.7. The van der Waals surface area contributed by atoms with Gasteiger partial charge in [-0.2, -0.15) is 0 Å². The van der Waals surface area contributed by atoms with E-state index in [9.17, 15) is 24.2 Å². The van der Waals surface area contributed by atoms with E-state index in [2.05, 4.69) is 60.9 Å². The van der Waals surface area contributed by atoms with E-state index < -0.39 is 51.8 Å². The number of hydrogen-bond donors (Lipinski definition) is 3. The van der Waals surface area contributed by atoms with E-state index >= 15 is 0 Å². The summed E-state index contributed by atoms with van der Waals surface area (Å²) in [6, 6.07) is 0. The van der Waals surface area contributed by atoms with Crippen LogP contribution in [0.2, 0.25) is 0 Å². The van der Waals surface area contributed by atoms with Crippen LogP contribution in [0.1, 0.15) is 168 Å². The minimum Gasteiger partial charge on any atom is -0.462 e. The first-order chi connectivity index (χ1) is 26.7. The van der Waals surface area contributed by atoms with Crippen molar-refractivity contribution in [3.63, 3.8) is 0 Å². The molecule has 0 heterocycles. The zero-order chi connectivity index (χ0) is 40.5. The molecule has 55 heavy (non-hydrogen) atoms. The molecule has 0 bridgehead atoms. The molecular weight excluding hydrogens is 719 g/mol. The Morgan fingerprint density at radius 3 is 1.47 bits per heavy atom. The van der Waals surface area contributed by atoms with Crippen LogP contribution in [-0.2, 0) is 32.7 Å². The maximum atomic E-state index is 12.6. The van der Waals surface area contributed by atoms with Crippen molar-refractivity contribution >= 4 is 19.8 Å². The molecule has 0 aliphatic carbocycles. The summed E-state index contributed by atoms with van der Waals surface area (Å²) in [5.41, 5.74) is 0. The number of phosphoric ester groups is 1. The zero-order valence-electron chi connectivity index (χ0n) is 34.4. The van der Waals surface area contributed by atoms with Gasteiger partial charge in [-0.15, -0.1) is 0 Å². The molecule has 0 saturated heterocycles. The topological polar surface area (TPSA) is 149 Å². The Hall–Kier alpha value is -2.33. The summed E-state index contributed by atoms with van der Waals surface area (Å²) in [7, 11) is -4.64. The van der Waals surface area contributed by atoms with Crippen molar-refractivity contribution in [2.45, 2.75) is 180 Å². The SMILES string of the molecule is CCCCCCC=CCC=CCC=CCC=CCCC(=O)OC(COC(=O)CCC=CCCCCCCCCCCCCC)COP(=O)(O)OCC(O)CO. The second-order valence-corrected chi connectivity index (χ2v) is 15.5. The number of aliphatic hydroxyl groups excluding tert-OH is 2. The molecule has 0 radical (unpaired) electrons. The lowest BCUT2D eigenvalue weighted by atomic mass is 10.1. The highest BCUT2D eigenvalue weighted by atomic mass is 31.2. The van der Waals surface area contributed by atoms with Crippen molar-refractivity contribution in [3.8, 4) is 0 Å². The van der Waals surface area contributed by atoms with Gasteiger partial charge in [0.15, 0.2) is 6.10 Å². The van der Waals surface area contributed by atoms with Gasteiger partial charge in [-0.25, -0.2) is 4.57 Å². The zero-order valence-corrected chi connectivity index (χ0v) is 35.3. The fraction of sp³-hybridized carbons (Fsp3) is 0.727.